The molecule has 4 N–H and O–H groups in total. The van der Waals surface area contributed by atoms with Gasteiger partial charge in [-0.3, -0.25) is 9.59 Å². The third-order valence-electron chi connectivity index (χ3n) is 2.67. The number of hydrogen-bond donors (Lipinski definition) is 3. The van der Waals surface area contributed by atoms with Crippen LogP contribution in [0.15, 0.2) is 30.5 Å². The van der Waals surface area contributed by atoms with Crippen molar-refractivity contribution in [3.8, 4) is 0 Å². The van der Waals surface area contributed by atoms with Crippen molar-refractivity contribution in [2.75, 3.05) is 16.4 Å². The van der Waals surface area contributed by atoms with Crippen LogP contribution in [0, 0.1) is 0 Å². The zero-order valence-electron chi connectivity index (χ0n) is 9.68. The molecule has 3 rings (SSSR count). The lowest BCUT2D eigenvalue weighted by molar-refractivity contribution is -0.112. The van der Waals surface area contributed by atoms with Crippen molar-refractivity contribution < 1.29 is 9.59 Å². The Morgan fingerprint density at radius 3 is 2.84 bits per heavy atom. The van der Waals surface area contributed by atoms with Crippen LogP contribution < -0.4 is 16.4 Å². The van der Waals surface area contributed by atoms with E-state index >= 15 is 0 Å². The predicted octanol–water partition coefficient (Wildman–Crippen LogP) is 0.937. The van der Waals surface area contributed by atoms with E-state index in [4.69, 9.17) is 5.73 Å². The zero-order valence-corrected chi connectivity index (χ0v) is 9.68. The Morgan fingerprint density at radius 2 is 2.05 bits per heavy atom. The molecular formula is C12H9N5O2. The van der Waals surface area contributed by atoms with Gasteiger partial charge in [0, 0.05) is 6.20 Å². The van der Waals surface area contributed by atoms with Crippen LogP contribution in [0.1, 0.15) is 10.4 Å². The number of fused-ring (bicyclic) bond motifs is 1. The number of Topliss-reactive ketones (excluding diaryl/α,β-unsaturated/α-hetero) is 1. The molecule has 1 aromatic heterocycles. The first kappa shape index (κ1) is 11.1. The van der Waals surface area contributed by atoms with E-state index < -0.39 is 11.7 Å². The Bertz CT molecular complexity index is 698. The molecule has 1 aliphatic heterocycles. The summed E-state index contributed by atoms with van der Waals surface area (Å²) < 4.78 is 0. The van der Waals surface area contributed by atoms with Crippen molar-refractivity contribution in [1.29, 1.82) is 0 Å². The average molecular weight is 255 g/mol. The molecule has 0 atom stereocenters. The highest BCUT2D eigenvalue weighted by Gasteiger charge is 2.30. The fourth-order valence-electron chi connectivity index (χ4n) is 1.85. The number of carbonyl (C=O) groups excluding carboxylic acids is 2. The number of nitrogens with two attached hydrogens (primary N) is 1. The smallest absolute Gasteiger partial charge is 0.296 e. The Morgan fingerprint density at radius 1 is 1.21 bits per heavy atom. The number of ketones is 1. The van der Waals surface area contributed by atoms with E-state index in [9.17, 15) is 9.59 Å². The standard InChI is InChI=1S/C12H9N5O2/c13-8-4-5-14-12(17-8)16-7-3-1-2-6-9(7)10(18)11(19)15-6/h1-5H,(H,15,18,19)(H3,13,14,16,17). The van der Waals surface area contributed by atoms with Gasteiger partial charge >= 0.3 is 0 Å². The predicted molar refractivity (Wildman–Crippen MR) is 69.1 cm³/mol. The van der Waals surface area contributed by atoms with Gasteiger partial charge < -0.3 is 16.4 Å². The fraction of sp³-hybridized carbons (Fsp3) is 0. The highest BCUT2D eigenvalue weighted by molar-refractivity contribution is 6.52. The van der Waals surface area contributed by atoms with Gasteiger partial charge in [0.25, 0.3) is 11.7 Å². The molecule has 94 valence electrons. The van der Waals surface area contributed by atoms with Gasteiger partial charge in [-0.15, -0.1) is 0 Å². The van der Waals surface area contributed by atoms with Crippen LogP contribution in [-0.2, 0) is 4.79 Å². The molecule has 0 unspecified atom stereocenters. The van der Waals surface area contributed by atoms with Crippen LogP contribution in [0.5, 0.6) is 0 Å². The summed E-state index contributed by atoms with van der Waals surface area (Å²) in [4.78, 5) is 31.1. The van der Waals surface area contributed by atoms with E-state index in [1.54, 1.807) is 24.3 Å². The third-order valence-corrected chi connectivity index (χ3v) is 2.67. The number of nitrogens with one attached hydrogen (secondary N) is 2. The number of aromatic nitrogens is 2. The molecule has 0 spiro atoms. The molecule has 0 saturated carbocycles. The molecule has 7 nitrogen and oxygen atoms in total. The lowest BCUT2D eigenvalue weighted by Crippen LogP contribution is -2.13. The first-order valence-electron chi connectivity index (χ1n) is 5.49. The number of rotatable bonds is 2. The number of nitrogens with zero attached hydrogens (tertiary/aromatic N) is 2. The number of anilines is 4. The van der Waals surface area contributed by atoms with Crippen molar-refractivity contribution >= 4 is 34.8 Å². The van der Waals surface area contributed by atoms with Gasteiger partial charge in [0.2, 0.25) is 5.95 Å². The van der Waals surface area contributed by atoms with Crippen molar-refractivity contribution in [2.45, 2.75) is 0 Å². The average Bonchev–Trinajstić information content (AvgIpc) is 2.66. The molecule has 0 saturated heterocycles. The molecule has 7 heteroatoms. The minimum absolute atomic E-state index is 0.264. The summed E-state index contributed by atoms with van der Waals surface area (Å²) in [5.74, 6) is -0.647. The number of benzene rings is 1. The normalized spacial score (nSPS) is 13.1. The molecule has 2 aromatic rings. The van der Waals surface area contributed by atoms with Crippen LogP contribution in [0.25, 0.3) is 0 Å². The number of hydrogen-bond acceptors (Lipinski definition) is 6. The number of carbonyl (C=O) groups is 2. The van der Waals surface area contributed by atoms with Crippen LogP contribution in [0.3, 0.4) is 0 Å². The van der Waals surface area contributed by atoms with Crippen LogP contribution in [0.2, 0.25) is 0 Å². The maximum absolute atomic E-state index is 11.8. The van der Waals surface area contributed by atoms with Crippen LogP contribution in [0.4, 0.5) is 23.1 Å². The van der Waals surface area contributed by atoms with E-state index in [1.807, 2.05) is 0 Å². The maximum atomic E-state index is 11.8. The molecule has 0 radical (unpaired) electrons. The van der Waals surface area contributed by atoms with Gasteiger partial charge in [0.15, 0.2) is 0 Å². The van der Waals surface area contributed by atoms with E-state index in [1.165, 1.54) is 6.20 Å². The summed E-state index contributed by atoms with van der Waals surface area (Å²) in [6.45, 7) is 0. The van der Waals surface area contributed by atoms with Crippen LogP contribution in [-0.4, -0.2) is 21.7 Å². The topological polar surface area (TPSA) is 110 Å². The monoisotopic (exact) mass is 255 g/mol. The minimum Gasteiger partial charge on any atom is -0.384 e. The van der Waals surface area contributed by atoms with Gasteiger partial charge in [-0.1, -0.05) is 6.07 Å². The highest BCUT2D eigenvalue weighted by atomic mass is 16.2. The van der Waals surface area contributed by atoms with E-state index in [2.05, 4.69) is 20.6 Å². The Labute approximate surface area is 107 Å². The Hall–Kier alpha value is -2.96. The van der Waals surface area contributed by atoms with Gasteiger partial charge in [-0.25, -0.2) is 4.98 Å². The molecule has 0 aliphatic carbocycles. The third kappa shape index (κ3) is 1.86. The fourth-order valence-corrected chi connectivity index (χ4v) is 1.85. The lowest BCUT2D eigenvalue weighted by Gasteiger charge is -2.08. The largest absolute Gasteiger partial charge is 0.384 e. The van der Waals surface area contributed by atoms with Gasteiger partial charge in [0.1, 0.15) is 5.82 Å². The molecule has 1 amide bonds. The van der Waals surface area contributed by atoms with Crippen molar-refractivity contribution in [1.82, 2.24) is 9.97 Å². The maximum Gasteiger partial charge on any atom is 0.296 e. The van der Waals surface area contributed by atoms with Crippen LogP contribution >= 0.6 is 0 Å². The molecule has 19 heavy (non-hydrogen) atoms. The summed E-state index contributed by atoms with van der Waals surface area (Å²) in [5, 5.41) is 5.37. The van der Waals surface area contributed by atoms with Gasteiger partial charge in [-0.05, 0) is 18.2 Å². The van der Waals surface area contributed by atoms with Crippen molar-refractivity contribution in [2.24, 2.45) is 0 Å². The Balaban J connectivity index is 2.02. The van der Waals surface area contributed by atoms with Gasteiger partial charge in [-0.2, -0.15) is 4.98 Å². The summed E-state index contributed by atoms with van der Waals surface area (Å²) in [6, 6.07) is 6.59. The van der Waals surface area contributed by atoms with Gasteiger partial charge in [0.05, 0.1) is 16.9 Å². The number of nitrogen functional groups attached to an aromatic ring is 1. The first-order chi connectivity index (χ1) is 9.15. The van der Waals surface area contributed by atoms with Crippen molar-refractivity contribution in [3.63, 3.8) is 0 Å². The SMILES string of the molecule is Nc1ccnc(Nc2cccc3c2C(=O)C(=O)N3)n1. The quantitative estimate of drug-likeness (QED) is 0.689. The summed E-state index contributed by atoms with van der Waals surface area (Å²) >= 11 is 0. The van der Waals surface area contributed by atoms with E-state index in [0.29, 0.717) is 22.8 Å². The summed E-state index contributed by atoms with van der Waals surface area (Å²) in [7, 11) is 0. The van der Waals surface area contributed by atoms with E-state index in [0.717, 1.165) is 0 Å². The second kappa shape index (κ2) is 4.05. The molecule has 0 bridgehead atoms. The second-order valence-corrected chi connectivity index (χ2v) is 3.94. The molecule has 1 aromatic carbocycles. The summed E-state index contributed by atoms with van der Waals surface area (Å²) in [5.41, 5.74) is 6.78. The highest BCUT2D eigenvalue weighted by Crippen LogP contribution is 2.31. The summed E-state index contributed by atoms with van der Waals surface area (Å²) in [6.07, 6.45) is 1.50. The first-order valence-corrected chi connectivity index (χ1v) is 5.49. The Kier molecular flexibility index (Phi) is 2.38. The zero-order chi connectivity index (χ0) is 13.4. The molecule has 1 aliphatic rings. The lowest BCUT2D eigenvalue weighted by atomic mass is 10.1. The van der Waals surface area contributed by atoms with E-state index in [-0.39, 0.29) is 5.95 Å². The number of amides is 1. The molecule has 2 heterocycles. The molecule has 0 fully saturated rings. The minimum atomic E-state index is -0.641. The molecular weight excluding hydrogens is 246 g/mol. The van der Waals surface area contributed by atoms with Crippen molar-refractivity contribution in [3.05, 3.63) is 36.0 Å². The second-order valence-electron chi connectivity index (χ2n) is 3.94.